The molecule has 0 radical (unpaired) electrons. The van der Waals surface area contributed by atoms with Crippen molar-refractivity contribution >= 4 is 32.8 Å². The van der Waals surface area contributed by atoms with Gasteiger partial charge in [-0.25, -0.2) is 4.79 Å². The van der Waals surface area contributed by atoms with E-state index in [0.717, 1.165) is 20.8 Å². The molecule has 0 aromatic heterocycles. The number of nitrogens with zero attached hydrogens (tertiary/aromatic N) is 1. The van der Waals surface area contributed by atoms with Crippen LogP contribution < -0.4 is 0 Å². The van der Waals surface area contributed by atoms with E-state index in [2.05, 4.69) is 34.1 Å². The van der Waals surface area contributed by atoms with Gasteiger partial charge in [0.2, 0.25) is 0 Å². The van der Waals surface area contributed by atoms with E-state index < -0.39 is 5.60 Å². The third kappa shape index (κ3) is 4.21. The molecule has 21 heavy (non-hydrogen) atoms. The van der Waals surface area contributed by atoms with Crippen LogP contribution in [0, 0.1) is 0 Å². The number of halogens is 1. The summed E-state index contributed by atoms with van der Waals surface area (Å²) >= 11 is 3.50. The molecule has 3 nitrogen and oxygen atoms in total. The van der Waals surface area contributed by atoms with Crippen LogP contribution in [0.5, 0.6) is 0 Å². The number of carbonyl (C=O) groups excluding carboxylic acids is 1. The van der Waals surface area contributed by atoms with Crippen molar-refractivity contribution in [2.75, 3.05) is 7.05 Å². The number of ether oxygens (including phenoxy) is 1. The zero-order valence-corrected chi connectivity index (χ0v) is 14.4. The van der Waals surface area contributed by atoms with E-state index in [9.17, 15) is 4.79 Å². The predicted molar refractivity (Wildman–Crippen MR) is 89.3 cm³/mol. The first kappa shape index (κ1) is 15.8. The van der Waals surface area contributed by atoms with E-state index in [-0.39, 0.29) is 6.09 Å². The number of benzene rings is 2. The molecule has 0 saturated heterocycles. The standard InChI is InChI=1S/C17H20BrNO2/c1-17(2,3)21-16(20)19(4)11-13-7-5-6-12-8-9-14(18)10-15(12)13/h5-10H,11H2,1-4H3. The molecule has 0 spiro atoms. The Bertz CT molecular complexity index is 661. The highest BCUT2D eigenvalue weighted by atomic mass is 79.9. The van der Waals surface area contributed by atoms with Crippen molar-refractivity contribution in [3.8, 4) is 0 Å². The molecule has 0 bridgehead atoms. The zero-order valence-electron chi connectivity index (χ0n) is 12.8. The van der Waals surface area contributed by atoms with Crippen LogP contribution >= 0.6 is 15.9 Å². The summed E-state index contributed by atoms with van der Waals surface area (Å²) in [6, 6.07) is 12.3. The van der Waals surface area contributed by atoms with Crippen molar-refractivity contribution in [1.29, 1.82) is 0 Å². The van der Waals surface area contributed by atoms with E-state index in [0.29, 0.717) is 6.54 Å². The molecular weight excluding hydrogens is 330 g/mol. The van der Waals surface area contributed by atoms with Crippen molar-refractivity contribution < 1.29 is 9.53 Å². The van der Waals surface area contributed by atoms with Crippen molar-refractivity contribution in [2.24, 2.45) is 0 Å². The van der Waals surface area contributed by atoms with Crippen LogP contribution in [0.3, 0.4) is 0 Å². The van der Waals surface area contributed by atoms with Gasteiger partial charge < -0.3 is 9.64 Å². The molecule has 0 aliphatic rings. The second-order valence-corrected chi connectivity index (χ2v) is 7.03. The average molecular weight is 350 g/mol. The van der Waals surface area contributed by atoms with E-state index >= 15 is 0 Å². The molecule has 2 rings (SSSR count). The van der Waals surface area contributed by atoms with Crippen LogP contribution in [0.15, 0.2) is 40.9 Å². The van der Waals surface area contributed by atoms with Gasteiger partial charge in [-0.3, -0.25) is 0 Å². The molecule has 0 aliphatic heterocycles. The number of hydrogen-bond donors (Lipinski definition) is 0. The maximum atomic E-state index is 12.1. The molecule has 1 amide bonds. The Morgan fingerprint density at radius 2 is 1.95 bits per heavy atom. The molecule has 0 heterocycles. The topological polar surface area (TPSA) is 29.5 Å². The van der Waals surface area contributed by atoms with Gasteiger partial charge in [0.25, 0.3) is 0 Å². The smallest absolute Gasteiger partial charge is 0.410 e. The summed E-state index contributed by atoms with van der Waals surface area (Å²) in [5.41, 5.74) is 0.620. The third-order valence-corrected chi connectivity index (χ3v) is 3.54. The van der Waals surface area contributed by atoms with Crippen LogP contribution in [0.25, 0.3) is 10.8 Å². The largest absolute Gasteiger partial charge is 0.444 e. The van der Waals surface area contributed by atoms with Gasteiger partial charge in [0.1, 0.15) is 5.60 Å². The fraction of sp³-hybridized carbons (Fsp3) is 0.353. The molecular formula is C17H20BrNO2. The monoisotopic (exact) mass is 349 g/mol. The molecule has 0 saturated carbocycles. The number of rotatable bonds is 2. The second kappa shape index (κ2) is 6.06. The summed E-state index contributed by atoms with van der Waals surface area (Å²) in [6.45, 7) is 6.12. The third-order valence-electron chi connectivity index (χ3n) is 3.05. The maximum Gasteiger partial charge on any atom is 0.410 e. The molecule has 0 unspecified atom stereocenters. The lowest BCUT2D eigenvalue weighted by atomic mass is 10.0. The van der Waals surface area contributed by atoms with Crippen molar-refractivity contribution in [1.82, 2.24) is 4.90 Å². The minimum Gasteiger partial charge on any atom is -0.444 e. The highest BCUT2D eigenvalue weighted by Crippen LogP contribution is 2.24. The molecule has 0 atom stereocenters. The van der Waals surface area contributed by atoms with Crippen LogP contribution in [0.4, 0.5) is 4.79 Å². The lowest BCUT2D eigenvalue weighted by molar-refractivity contribution is 0.0286. The molecule has 0 fully saturated rings. The Kier molecular flexibility index (Phi) is 4.57. The normalized spacial score (nSPS) is 11.5. The summed E-state index contributed by atoms with van der Waals surface area (Å²) in [5.74, 6) is 0. The Morgan fingerprint density at radius 1 is 1.24 bits per heavy atom. The van der Waals surface area contributed by atoms with Crippen LogP contribution in [0.2, 0.25) is 0 Å². The Balaban J connectivity index is 2.23. The van der Waals surface area contributed by atoms with Gasteiger partial charge in [-0.15, -0.1) is 0 Å². The number of fused-ring (bicyclic) bond motifs is 1. The van der Waals surface area contributed by atoms with Gasteiger partial charge in [-0.05, 0) is 49.2 Å². The van der Waals surface area contributed by atoms with Crippen molar-refractivity contribution in [3.05, 3.63) is 46.4 Å². The molecule has 2 aromatic carbocycles. The van der Waals surface area contributed by atoms with E-state index in [1.807, 2.05) is 39.0 Å². The maximum absolute atomic E-state index is 12.1. The number of hydrogen-bond acceptors (Lipinski definition) is 2. The highest BCUT2D eigenvalue weighted by Gasteiger charge is 2.20. The second-order valence-electron chi connectivity index (χ2n) is 6.12. The SMILES string of the molecule is CN(Cc1cccc2ccc(Br)cc12)C(=O)OC(C)(C)C. The molecule has 112 valence electrons. The van der Waals surface area contributed by atoms with Gasteiger partial charge >= 0.3 is 6.09 Å². The van der Waals surface area contributed by atoms with E-state index in [1.54, 1.807) is 11.9 Å². The van der Waals surface area contributed by atoms with Gasteiger partial charge in [-0.2, -0.15) is 0 Å². The summed E-state index contributed by atoms with van der Waals surface area (Å²) in [4.78, 5) is 13.7. The van der Waals surface area contributed by atoms with Crippen LogP contribution in [0.1, 0.15) is 26.3 Å². The Labute approximate surface area is 134 Å². The number of amides is 1. The molecule has 0 aliphatic carbocycles. The first-order valence-electron chi connectivity index (χ1n) is 6.87. The summed E-state index contributed by atoms with van der Waals surface area (Å²) in [5, 5.41) is 2.30. The summed E-state index contributed by atoms with van der Waals surface area (Å²) in [6.07, 6.45) is -0.311. The van der Waals surface area contributed by atoms with Gasteiger partial charge in [0.05, 0.1) is 0 Å². The van der Waals surface area contributed by atoms with Crippen molar-refractivity contribution in [3.63, 3.8) is 0 Å². The lowest BCUT2D eigenvalue weighted by Crippen LogP contribution is -2.33. The van der Waals surface area contributed by atoms with Gasteiger partial charge in [0, 0.05) is 18.1 Å². The Hall–Kier alpha value is -1.55. The zero-order chi connectivity index (χ0) is 15.6. The van der Waals surface area contributed by atoms with Crippen LogP contribution in [-0.4, -0.2) is 23.6 Å². The molecule has 4 heteroatoms. The quantitative estimate of drug-likeness (QED) is 0.765. The molecule has 2 aromatic rings. The minimum atomic E-state index is -0.479. The average Bonchev–Trinajstić information content (AvgIpc) is 2.37. The predicted octanol–water partition coefficient (Wildman–Crippen LogP) is 4.97. The van der Waals surface area contributed by atoms with Gasteiger partial charge in [-0.1, -0.05) is 40.2 Å². The number of carbonyl (C=O) groups is 1. The van der Waals surface area contributed by atoms with Gasteiger partial charge in [0.15, 0.2) is 0 Å². The summed E-state index contributed by atoms with van der Waals surface area (Å²) in [7, 11) is 1.75. The lowest BCUT2D eigenvalue weighted by Gasteiger charge is -2.25. The van der Waals surface area contributed by atoms with E-state index in [4.69, 9.17) is 4.74 Å². The van der Waals surface area contributed by atoms with Crippen molar-refractivity contribution in [2.45, 2.75) is 32.9 Å². The van der Waals surface area contributed by atoms with E-state index in [1.165, 1.54) is 0 Å². The first-order chi connectivity index (χ1) is 9.76. The fourth-order valence-electron chi connectivity index (χ4n) is 2.11. The highest BCUT2D eigenvalue weighted by molar-refractivity contribution is 9.10. The minimum absolute atomic E-state index is 0.311. The molecule has 0 N–H and O–H groups in total. The fourth-order valence-corrected chi connectivity index (χ4v) is 2.47. The Morgan fingerprint density at radius 3 is 2.62 bits per heavy atom. The first-order valence-corrected chi connectivity index (χ1v) is 7.67. The van der Waals surface area contributed by atoms with Crippen LogP contribution in [-0.2, 0) is 11.3 Å². The summed E-state index contributed by atoms with van der Waals surface area (Å²) < 4.78 is 6.42.